The minimum atomic E-state index is -4.32. The zero-order chi connectivity index (χ0) is 11.9. The smallest absolute Gasteiger partial charge is 0.361 e. The highest BCUT2D eigenvalue weighted by Gasteiger charge is 2.32. The molecule has 1 aromatic rings. The lowest BCUT2D eigenvalue weighted by molar-refractivity contribution is -0.137. The lowest BCUT2D eigenvalue weighted by atomic mass is 9.98. The van der Waals surface area contributed by atoms with Crippen LogP contribution in [-0.4, -0.2) is 11.9 Å². The van der Waals surface area contributed by atoms with Gasteiger partial charge < -0.3 is 10.6 Å². The molecule has 0 fully saturated rings. The van der Waals surface area contributed by atoms with Gasteiger partial charge >= 0.3 is 6.18 Å². The predicted molar refractivity (Wildman–Crippen MR) is 55.2 cm³/mol. The number of hydrogen-bond acceptors (Lipinski definition) is 2. The summed E-state index contributed by atoms with van der Waals surface area (Å²) in [4.78, 5) is 1.67. The molecule has 0 bridgehead atoms. The van der Waals surface area contributed by atoms with Crippen LogP contribution in [0.15, 0.2) is 24.4 Å². The highest BCUT2D eigenvalue weighted by molar-refractivity contribution is 5.57. The van der Waals surface area contributed by atoms with Crippen molar-refractivity contribution in [3.8, 4) is 0 Å². The van der Waals surface area contributed by atoms with E-state index in [9.17, 15) is 13.2 Å². The van der Waals surface area contributed by atoms with Crippen LogP contribution in [0.4, 0.5) is 13.2 Å². The molecule has 1 unspecified atom stereocenters. The highest BCUT2D eigenvalue weighted by Crippen LogP contribution is 2.34. The van der Waals surface area contributed by atoms with Gasteiger partial charge in [0, 0.05) is 13.2 Å². The van der Waals surface area contributed by atoms with E-state index in [0.29, 0.717) is 5.56 Å². The number of hydrogen-bond donors (Lipinski definition) is 1. The van der Waals surface area contributed by atoms with Gasteiger partial charge in [-0.1, -0.05) is 6.07 Å². The number of nitrogens with two attached hydrogens (primary N) is 1. The van der Waals surface area contributed by atoms with Gasteiger partial charge in [-0.05, 0) is 29.3 Å². The highest BCUT2D eigenvalue weighted by atomic mass is 19.4. The average Bonchev–Trinajstić information content (AvgIpc) is 2.22. The molecule has 0 radical (unpaired) electrons. The Morgan fingerprint density at radius 2 is 2.00 bits per heavy atom. The van der Waals surface area contributed by atoms with Crippen molar-refractivity contribution in [1.82, 2.24) is 4.90 Å². The second-order valence-corrected chi connectivity index (χ2v) is 3.77. The molecule has 0 saturated heterocycles. The van der Waals surface area contributed by atoms with Crippen LogP contribution in [0.3, 0.4) is 0 Å². The van der Waals surface area contributed by atoms with Gasteiger partial charge in [-0.25, -0.2) is 0 Å². The van der Waals surface area contributed by atoms with Gasteiger partial charge in [0.2, 0.25) is 0 Å². The van der Waals surface area contributed by atoms with Gasteiger partial charge in [0.1, 0.15) is 6.17 Å². The summed E-state index contributed by atoms with van der Waals surface area (Å²) < 4.78 is 37.5. The second-order valence-electron chi connectivity index (χ2n) is 3.77. The molecule has 0 spiro atoms. The maximum Gasteiger partial charge on any atom is 0.416 e. The van der Waals surface area contributed by atoms with E-state index in [0.717, 1.165) is 17.7 Å². The molecule has 0 aromatic heterocycles. The molecule has 1 atom stereocenters. The van der Waals surface area contributed by atoms with Crippen LogP contribution in [-0.2, 0) is 6.18 Å². The van der Waals surface area contributed by atoms with E-state index in [4.69, 9.17) is 5.73 Å². The fraction of sp³-hybridized carbons (Fsp3) is 0.273. The van der Waals surface area contributed by atoms with Crippen LogP contribution in [0.2, 0.25) is 0 Å². The first kappa shape index (κ1) is 11.0. The molecule has 1 aliphatic rings. The summed E-state index contributed by atoms with van der Waals surface area (Å²) in [6, 6.07) is 3.63. The molecule has 86 valence electrons. The maximum absolute atomic E-state index is 12.5. The molecule has 16 heavy (non-hydrogen) atoms. The molecule has 1 aromatic carbocycles. The molecule has 1 heterocycles. The summed E-state index contributed by atoms with van der Waals surface area (Å²) in [7, 11) is 1.73. The molecule has 0 saturated carbocycles. The predicted octanol–water partition coefficient (Wildman–Crippen LogP) is 2.58. The molecule has 1 aliphatic heterocycles. The Kier molecular flexibility index (Phi) is 2.42. The van der Waals surface area contributed by atoms with E-state index in [2.05, 4.69) is 0 Å². The van der Waals surface area contributed by atoms with Crippen LogP contribution in [0.25, 0.3) is 6.08 Å². The number of alkyl halides is 3. The number of nitrogens with zero attached hydrogens (tertiary/aromatic N) is 1. The van der Waals surface area contributed by atoms with Crippen LogP contribution in [0.5, 0.6) is 0 Å². The summed E-state index contributed by atoms with van der Waals surface area (Å²) in [6.45, 7) is 0. The third kappa shape index (κ3) is 1.78. The lowest BCUT2D eigenvalue weighted by Crippen LogP contribution is -2.29. The summed E-state index contributed by atoms with van der Waals surface area (Å²) in [5, 5.41) is 0. The van der Waals surface area contributed by atoms with Crippen molar-refractivity contribution in [2.75, 3.05) is 7.05 Å². The normalized spacial score (nSPS) is 19.8. The first-order valence-corrected chi connectivity index (χ1v) is 4.76. The monoisotopic (exact) mass is 228 g/mol. The Bertz CT molecular complexity index is 437. The molecule has 2 N–H and O–H groups in total. The first-order valence-electron chi connectivity index (χ1n) is 4.76. The quantitative estimate of drug-likeness (QED) is 0.739. The third-order valence-electron chi connectivity index (χ3n) is 2.66. The van der Waals surface area contributed by atoms with E-state index >= 15 is 0 Å². The molecule has 5 heteroatoms. The number of halogens is 3. The van der Waals surface area contributed by atoms with Gasteiger partial charge in [-0.2, -0.15) is 13.2 Å². The molecule has 2 rings (SSSR count). The summed E-state index contributed by atoms with van der Waals surface area (Å²) in [5.74, 6) is 0. The summed E-state index contributed by atoms with van der Waals surface area (Å²) >= 11 is 0. The Morgan fingerprint density at radius 1 is 1.31 bits per heavy atom. The second kappa shape index (κ2) is 3.52. The van der Waals surface area contributed by atoms with Gasteiger partial charge in [0.15, 0.2) is 0 Å². The van der Waals surface area contributed by atoms with Gasteiger partial charge in [0.25, 0.3) is 0 Å². The van der Waals surface area contributed by atoms with Crippen LogP contribution < -0.4 is 5.73 Å². The fourth-order valence-electron chi connectivity index (χ4n) is 1.67. The Hall–Kier alpha value is -1.49. The zero-order valence-electron chi connectivity index (χ0n) is 8.62. The SMILES string of the molecule is CN1C=Cc2ccc(C(F)(F)F)cc2C1N. The zero-order valence-corrected chi connectivity index (χ0v) is 8.62. The number of rotatable bonds is 0. The molecule has 0 amide bonds. The third-order valence-corrected chi connectivity index (χ3v) is 2.66. The Morgan fingerprint density at radius 3 is 2.62 bits per heavy atom. The van der Waals surface area contributed by atoms with Crippen molar-refractivity contribution in [2.45, 2.75) is 12.3 Å². The minimum absolute atomic E-state index is 0.500. The van der Waals surface area contributed by atoms with Crippen molar-refractivity contribution < 1.29 is 13.2 Å². The van der Waals surface area contributed by atoms with Gasteiger partial charge in [-0.15, -0.1) is 0 Å². The average molecular weight is 228 g/mol. The lowest BCUT2D eigenvalue weighted by Gasteiger charge is -2.29. The fourth-order valence-corrected chi connectivity index (χ4v) is 1.67. The summed E-state index contributed by atoms with van der Waals surface area (Å²) in [5.41, 5.74) is 6.38. The van der Waals surface area contributed by atoms with E-state index in [-0.39, 0.29) is 0 Å². The topological polar surface area (TPSA) is 29.3 Å². The number of fused-ring (bicyclic) bond motifs is 1. The van der Waals surface area contributed by atoms with Crippen molar-refractivity contribution >= 4 is 6.08 Å². The largest absolute Gasteiger partial charge is 0.416 e. The van der Waals surface area contributed by atoms with Crippen molar-refractivity contribution in [3.63, 3.8) is 0 Å². The summed E-state index contributed by atoms with van der Waals surface area (Å²) in [6.07, 6.45) is -1.35. The Labute approximate surface area is 91.2 Å². The molecular weight excluding hydrogens is 217 g/mol. The molecule has 0 aliphatic carbocycles. The standard InChI is InChI=1S/C11H11F3N2/c1-16-5-4-7-2-3-8(11(12,13)14)6-9(7)10(16)15/h2-6,10H,15H2,1H3. The Balaban J connectivity index is 2.50. The van der Waals surface area contributed by atoms with Crippen LogP contribution in [0.1, 0.15) is 22.9 Å². The van der Waals surface area contributed by atoms with E-state index < -0.39 is 17.9 Å². The molecule has 2 nitrogen and oxygen atoms in total. The van der Waals surface area contributed by atoms with Crippen LogP contribution >= 0.6 is 0 Å². The molecular formula is C11H11F3N2. The van der Waals surface area contributed by atoms with Crippen molar-refractivity contribution in [2.24, 2.45) is 5.73 Å². The number of benzene rings is 1. The first-order chi connectivity index (χ1) is 7.39. The minimum Gasteiger partial charge on any atom is -0.361 e. The van der Waals surface area contributed by atoms with Gasteiger partial charge in [-0.3, -0.25) is 0 Å². The maximum atomic E-state index is 12.5. The van der Waals surface area contributed by atoms with E-state index in [1.807, 2.05) is 0 Å². The van der Waals surface area contributed by atoms with Gasteiger partial charge in [0.05, 0.1) is 5.56 Å². The van der Waals surface area contributed by atoms with Crippen molar-refractivity contribution in [1.29, 1.82) is 0 Å². The van der Waals surface area contributed by atoms with Crippen LogP contribution in [0, 0.1) is 0 Å². The van der Waals surface area contributed by atoms with Crippen molar-refractivity contribution in [3.05, 3.63) is 41.1 Å². The van der Waals surface area contributed by atoms with E-state index in [1.54, 1.807) is 24.2 Å². The van der Waals surface area contributed by atoms with E-state index in [1.165, 1.54) is 6.07 Å².